The van der Waals surface area contributed by atoms with E-state index in [2.05, 4.69) is 9.84 Å². The van der Waals surface area contributed by atoms with Gasteiger partial charge in [-0.1, -0.05) is 13.8 Å². The number of alkyl halides is 2. The van der Waals surface area contributed by atoms with Gasteiger partial charge in [-0.05, 0) is 39.0 Å². The van der Waals surface area contributed by atoms with Crippen LogP contribution < -0.4 is 4.74 Å². The third-order valence-corrected chi connectivity index (χ3v) is 4.44. The lowest BCUT2D eigenvalue weighted by molar-refractivity contribution is -0.384. The SMILES string of the molecule is CC(C)Sc1ccc(OC(F)F)c(-c2nn(CC(=O)OC(C)(C)C)cc2[N+](=O)[O-])c1. The maximum atomic E-state index is 12.9. The molecular formula is C19H23F2N3O5S. The Kier molecular flexibility index (Phi) is 7.40. The molecule has 0 bridgehead atoms. The molecule has 0 unspecified atom stereocenters. The van der Waals surface area contributed by atoms with Gasteiger partial charge in [-0.25, -0.2) is 0 Å². The molecule has 0 atom stereocenters. The van der Waals surface area contributed by atoms with Crippen LogP contribution in [0.15, 0.2) is 29.3 Å². The number of esters is 1. The summed E-state index contributed by atoms with van der Waals surface area (Å²) in [7, 11) is 0. The lowest BCUT2D eigenvalue weighted by atomic mass is 10.1. The van der Waals surface area contributed by atoms with Crippen LogP contribution in [-0.2, 0) is 16.1 Å². The van der Waals surface area contributed by atoms with Crippen LogP contribution in [0.2, 0.25) is 0 Å². The highest BCUT2D eigenvalue weighted by molar-refractivity contribution is 7.99. The molecule has 0 saturated carbocycles. The molecule has 0 aliphatic heterocycles. The molecule has 0 aliphatic rings. The zero-order valence-corrected chi connectivity index (χ0v) is 18.0. The van der Waals surface area contributed by atoms with Gasteiger partial charge in [0.15, 0.2) is 5.69 Å². The van der Waals surface area contributed by atoms with Crippen molar-refractivity contribution in [2.24, 2.45) is 0 Å². The van der Waals surface area contributed by atoms with Gasteiger partial charge in [0.25, 0.3) is 0 Å². The van der Waals surface area contributed by atoms with Gasteiger partial charge in [-0.3, -0.25) is 19.6 Å². The van der Waals surface area contributed by atoms with E-state index in [0.29, 0.717) is 4.90 Å². The molecule has 1 heterocycles. The molecule has 0 fully saturated rings. The summed E-state index contributed by atoms with van der Waals surface area (Å²) in [6, 6.07) is 4.42. The van der Waals surface area contributed by atoms with Crippen LogP contribution in [0.3, 0.4) is 0 Å². The van der Waals surface area contributed by atoms with E-state index in [9.17, 15) is 23.7 Å². The smallest absolute Gasteiger partial charge is 0.387 e. The van der Waals surface area contributed by atoms with Crippen molar-refractivity contribution in [1.29, 1.82) is 0 Å². The van der Waals surface area contributed by atoms with E-state index in [1.807, 2.05) is 13.8 Å². The molecule has 1 aromatic heterocycles. The van der Waals surface area contributed by atoms with Crippen molar-refractivity contribution in [3.8, 4) is 17.0 Å². The topological polar surface area (TPSA) is 96.5 Å². The van der Waals surface area contributed by atoms with Crippen LogP contribution in [0, 0.1) is 10.1 Å². The molecule has 164 valence electrons. The van der Waals surface area contributed by atoms with Crippen molar-refractivity contribution >= 4 is 23.4 Å². The van der Waals surface area contributed by atoms with Crippen molar-refractivity contribution in [2.75, 3.05) is 0 Å². The lowest BCUT2D eigenvalue weighted by Gasteiger charge is -2.19. The Bertz CT molecular complexity index is 925. The van der Waals surface area contributed by atoms with Crippen molar-refractivity contribution in [1.82, 2.24) is 9.78 Å². The summed E-state index contributed by atoms with van der Waals surface area (Å²) >= 11 is 1.45. The Morgan fingerprint density at radius 1 is 1.33 bits per heavy atom. The number of carbonyl (C=O) groups excluding carboxylic acids is 1. The molecule has 0 radical (unpaired) electrons. The molecule has 0 amide bonds. The van der Waals surface area contributed by atoms with Gasteiger partial charge >= 0.3 is 18.3 Å². The van der Waals surface area contributed by atoms with Gasteiger partial charge in [-0.2, -0.15) is 13.9 Å². The van der Waals surface area contributed by atoms with E-state index < -0.39 is 28.8 Å². The first-order valence-corrected chi connectivity index (χ1v) is 9.93. The van der Waals surface area contributed by atoms with Crippen LogP contribution in [0.25, 0.3) is 11.3 Å². The minimum atomic E-state index is -3.12. The van der Waals surface area contributed by atoms with Gasteiger partial charge in [0.2, 0.25) is 0 Å². The van der Waals surface area contributed by atoms with Crippen molar-refractivity contribution in [3.05, 3.63) is 34.5 Å². The zero-order valence-electron chi connectivity index (χ0n) is 17.2. The number of rotatable bonds is 8. The molecule has 0 aliphatic carbocycles. The lowest BCUT2D eigenvalue weighted by Crippen LogP contribution is -2.26. The molecular weight excluding hydrogens is 420 g/mol. The summed E-state index contributed by atoms with van der Waals surface area (Å²) in [4.78, 5) is 23.6. The molecule has 8 nitrogen and oxygen atoms in total. The maximum absolute atomic E-state index is 12.9. The number of nitro groups is 1. The minimum absolute atomic E-state index is 0.0376. The molecule has 0 saturated heterocycles. The van der Waals surface area contributed by atoms with E-state index in [0.717, 1.165) is 10.9 Å². The predicted molar refractivity (Wildman–Crippen MR) is 108 cm³/mol. The van der Waals surface area contributed by atoms with Crippen LogP contribution in [0.5, 0.6) is 5.75 Å². The number of hydrogen-bond donors (Lipinski definition) is 0. The third kappa shape index (κ3) is 6.68. The summed E-state index contributed by atoms with van der Waals surface area (Å²) in [6.45, 7) is 5.48. The van der Waals surface area contributed by atoms with Crippen LogP contribution in [0.4, 0.5) is 14.5 Å². The second kappa shape index (κ2) is 9.41. The number of carbonyl (C=O) groups is 1. The first kappa shape index (κ1) is 23.6. The number of hydrogen-bond acceptors (Lipinski definition) is 7. The molecule has 30 heavy (non-hydrogen) atoms. The molecule has 2 rings (SSSR count). The van der Waals surface area contributed by atoms with Crippen LogP contribution in [-0.4, -0.2) is 38.1 Å². The predicted octanol–water partition coefficient (Wildman–Crippen LogP) is 4.90. The number of halogens is 2. The second-order valence-corrected chi connectivity index (χ2v) is 9.26. The van der Waals surface area contributed by atoms with Crippen LogP contribution in [0.1, 0.15) is 34.6 Å². The normalized spacial score (nSPS) is 11.8. The Hall–Kier alpha value is -2.69. The van der Waals surface area contributed by atoms with Gasteiger partial charge in [0.05, 0.1) is 10.5 Å². The van der Waals surface area contributed by atoms with Crippen molar-refractivity contribution in [3.63, 3.8) is 0 Å². The Morgan fingerprint density at radius 3 is 2.53 bits per heavy atom. The number of aromatic nitrogens is 2. The number of thioether (sulfide) groups is 1. The fraction of sp³-hybridized carbons (Fsp3) is 0.474. The summed E-state index contributed by atoms with van der Waals surface area (Å²) in [5.41, 5.74) is -1.31. The summed E-state index contributed by atoms with van der Waals surface area (Å²) in [5.74, 6) is -0.886. The summed E-state index contributed by atoms with van der Waals surface area (Å²) in [5, 5.41) is 15.9. The number of ether oxygens (including phenoxy) is 2. The Morgan fingerprint density at radius 2 is 2.00 bits per heavy atom. The largest absolute Gasteiger partial charge is 0.459 e. The highest BCUT2D eigenvalue weighted by Gasteiger charge is 2.27. The summed E-state index contributed by atoms with van der Waals surface area (Å²) in [6.07, 6.45) is 1.06. The number of benzene rings is 1. The van der Waals surface area contributed by atoms with E-state index in [-0.39, 0.29) is 28.8 Å². The Balaban J connectivity index is 2.51. The highest BCUT2D eigenvalue weighted by atomic mass is 32.2. The zero-order chi connectivity index (χ0) is 22.6. The molecule has 0 N–H and O–H groups in total. The monoisotopic (exact) mass is 443 g/mol. The van der Waals surface area contributed by atoms with Crippen LogP contribution >= 0.6 is 11.8 Å². The quantitative estimate of drug-likeness (QED) is 0.248. The first-order valence-electron chi connectivity index (χ1n) is 9.05. The maximum Gasteiger partial charge on any atom is 0.387 e. The van der Waals surface area contributed by atoms with Crippen molar-refractivity contribution < 1.29 is 28.0 Å². The second-order valence-electron chi connectivity index (χ2n) is 7.61. The first-order chi connectivity index (χ1) is 13.9. The average Bonchev–Trinajstić information content (AvgIpc) is 2.97. The van der Waals surface area contributed by atoms with Gasteiger partial charge in [-0.15, -0.1) is 11.8 Å². The fourth-order valence-corrected chi connectivity index (χ4v) is 3.44. The summed E-state index contributed by atoms with van der Waals surface area (Å²) < 4.78 is 36.5. The van der Waals surface area contributed by atoms with E-state index in [1.165, 1.54) is 23.9 Å². The molecule has 2 aromatic rings. The van der Waals surface area contributed by atoms with Gasteiger partial charge in [0, 0.05) is 10.1 Å². The minimum Gasteiger partial charge on any atom is -0.459 e. The molecule has 11 heteroatoms. The standard InChI is InChI=1S/C19H23F2N3O5S/c1-11(2)30-12-6-7-15(28-18(20)21)13(8-12)17-14(24(26)27)9-23(22-17)10-16(25)29-19(3,4)5/h6-9,11,18H,10H2,1-5H3. The average molecular weight is 443 g/mol. The number of nitrogens with zero attached hydrogens (tertiary/aromatic N) is 3. The molecule has 0 spiro atoms. The fourth-order valence-electron chi connectivity index (χ4n) is 2.56. The van der Waals surface area contributed by atoms with Crippen molar-refractivity contribution in [2.45, 2.75) is 63.5 Å². The van der Waals surface area contributed by atoms with Gasteiger partial charge < -0.3 is 9.47 Å². The molecule has 1 aromatic carbocycles. The Labute approximate surface area is 176 Å². The van der Waals surface area contributed by atoms with E-state index >= 15 is 0 Å². The van der Waals surface area contributed by atoms with Gasteiger partial charge in [0.1, 0.15) is 24.1 Å². The van der Waals surface area contributed by atoms with E-state index in [4.69, 9.17) is 4.74 Å². The third-order valence-electron chi connectivity index (χ3n) is 3.44. The van der Waals surface area contributed by atoms with E-state index in [1.54, 1.807) is 26.8 Å². The highest BCUT2D eigenvalue weighted by Crippen LogP contribution is 2.39.